The van der Waals surface area contributed by atoms with Gasteiger partial charge >= 0.3 is 0 Å². The van der Waals surface area contributed by atoms with Gasteiger partial charge in [-0.05, 0) is 44.5 Å². The third-order valence-corrected chi connectivity index (χ3v) is 3.63. The number of hydrogen-bond donors (Lipinski definition) is 1. The minimum atomic E-state index is 0.912. The van der Waals surface area contributed by atoms with Crippen molar-refractivity contribution < 1.29 is 0 Å². The van der Waals surface area contributed by atoms with Gasteiger partial charge in [0.1, 0.15) is 0 Å². The number of likely N-dealkylation sites (N-methyl/N-ethyl adjacent to an activating group) is 1. The molecule has 0 bridgehead atoms. The van der Waals surface area contributed by atoms with Gasteiger partial charge in [0.2, 0.25) is 0 Å². The molecular weight excluding hydrogens is 234 g/mol. The summed E-state index contributed by atoms with van der Waals surface area (Å²) >= 11 is 0. The number of rotatable bonds is 6. The summed E-state index contributed by atoms with van der Waals surface area (Å²) in [6.45, 7) is 9.31. The molecule has 19 heavy (non-hydrogen) atoms. The molecule has 0 aliphatic carbocycles. The molecule has 3 nitrogen and oxygen atoms in total. The Morgan fingerprint density at radius 3 is 2.53 bits per heavy atom. The van der Waals surface area contributed by atoms with Crippen LogP contribution in [0.3, 0.4) is 0 Å². The van der Waals surface area contributed by atoms with Crippen LogP contribution >= 0.6 is 0 Å². The van der Waals surface area contributed by atoms with Crippen LogP contribution in [0.1, 0.15) is 29.4 Å². The average molecular weight is 257 g/mol. The zero-order valence-corrected chi connectivity index (χ0v) is 12.1. The van der Waals surface area contributed by atoms with E-state index in [2.05, 4.69) is 59.9 Å². The summed E-state index contributed by atoms with van der Waals surface area (Å²) in [6, 6.07) is 8.68. The zero-order chi connectivity index (χ0) is 13.7. The molecule has 0 saturated heterocycles. The molecule has 0 amide bonds. The molecule has 0 radical (unpaired) electrons. The molecule has 102 valence electrons. The van der Waals surface area contributed by atoms with Crippen LogP contribution < -0.4 is 5.32 Å². The Kier molecular flexibility index (Phi) is 4.74. The van der Waals surface area contributed by atoms with Gasteiger partial charge in [0.15, 0.2) is 0 Å². The Bertz CT molecular complexity index is 529. The SMILES string of the molecule is CCNCCc1ccccc1Cn1cnc(C)c1C. The maximum absolute atomic E-state index is 4.37. The molecule has 3 heteroatoms. The Balaban J connectivity index is 2.13. The molecule has 0 saturated carbocycles. The number of aryl methyl sites for hydroxylation is 1. The van der Waals surface area contributed by atoms with Crippen LogP contribution in [0.15, 0.2) is 30.6 Å². The van der Waals surface area contributed by atoms with Crippen LogP contribution in [0.2, 0.25) is 0 Å². The highest BCUT2D eigenvalue weighted by molar-refractivity contribution is 5.28. The topological polar surface area (TPSA) is 29.9 Å². The largest absolute Gasteiger partial charge is 0.330 e. The van der Waals surface area contributed by atoms with Gasteiger partial charge in [0, 0.05) is 12.2 Å². The minimum absolute atomic E-state index is 0.912. The lowest BCUT2D eigenvalue weighted by atomic mass is 10.0. The van der Waals surface area contributed by atoms with Gasteiger partial charge in [-0.3, -0.25) is 0 Å². The van der Waals surface area contributed by atoms with E-state index in [1.165, 1.54) is 16.8 Å². The molecule has 1 heterocycles. The van der Waals surface area contributed by atoms with Crippen molar-refractivity contribution in [3.63, 3.8) is 0 Å². The highest BCUT2D eigenvalue weighted by Crippen LogP contribution is 2.13. The van der Waals surface area contributed by atoms with Crippen molar-refractivity contribution in [3.8, 4) is 0 Å². The van der Waals surface area contributed by atoms with Crippen LogP contribution in [-0.2, 0) is 13.0 Å². The second-order valence-corrected chi connectivity index (χ2v) is 4.92. The zero-order valence-electron chi connectivity index (χ0n) is 12.1. The predicted octanol–water partition coefficient (Wildman–Crippen LogP) is 2.70. The summed E-state index contributed by atoms with van der Waals surface area (Å²) in [7, 11) is 0. The lowest BCUT2D eigenvalue weighted by molar-refractivity contribution is 0.703. The van der Waals surface area contributed by atoms with E-state index >= 15 is 0 Å². The summed E-state index contributed by atoms with van der Waals surface area (Å²) < 4.78 is 2.22. The summed E-state index contributed by atoms with van der Waals surface area (Å²) in [6.07, 6.45) is 3.02. The van der Waals surface area contributed by atoms with Crippen molar-refractivity contribution in [2.24, 2.45) is 0 Å². The number of aromatic nitrogens is 2. The number of nitrogens with one attached hydrogen (secondary N) is 1. The standard InChI is InChI=1S/C16H23N3/c1-4-17-10-9-15-7-5-6-8-16(15)11-19-12-18-13(2)14(19)3/h5-8,12,17H,4,9-11H2,1-3H3. The molecule has 0 aliphatic rings. The van der Waals surface area contributed by atoms with Crippen molar-refractivity contribution in [3.05, 3.63) is 53.1 Å². The average Bonchev–Trinajstić information content (AvgIpc) is 2.73. The van der Waals surface area contributed by atoms with E-state index in [1.807, 2.05) is 6.33 Å². The molecule has 0 atom stereocenters. The fraction of sp³-hybridized carbons (Fsp3) is 0.438. The van der Waals surface area contributed by atoms with E-state index < -0.39 is 0 Å². The molecule has 1 aromatic heterocycles. The second kappa shape index (κ2) is 6.53. The molecule has 0 fully saturated rings. The quantitative estimate of drug-likeness (QED) is 0.806. The summed E-state index contributed by atoms with van der Waals surface area (Å²) in [5.74, 6) is 0. The molecule has 0 aliphatic heterocycles. The van der Waals surface area contributed by atoms with Crippen molar-refractivity contribution in [2.75, 3.05) is 13.1 Å². The second-order valence-electron chi connectivity index (χ2n) is 4.92. The molecule has 0 unspecified atom stereocenters. The number of hydrogen-bond acceptors (Lipinski definition) is 2. The molecule has 1 N–H and O–H groups in total. The van der Waals surface area contributed by atoms with Crippen molar-refractivity contribution in [2.45, 2.75) is 33.7 Å². The molecule has 0 spiro atoms. The van der Waals surface area contributed by atoms with Crippen molar-refractivity contribution >= 4 is 0 Å². The monoisotopic (exact) mass is 257 g/mol. The van der Waals surface area contributed by atoms with Crippen LogP contribution in [0, 0.1) is 13.8 Å². The predicted molar refractivity (Wildman–Crippen MR) is 79.5 cm³/mol. The van der Waals surface area contributed by atoms with E-state index in [-0.39, 0.29) is 0 Å². The normalized spacial score (nSPS) is 10.9. The lowest BCUT2D eigenvalue weighted by Gasteiger charge is -2.11. The number of benzene rings is 1. The van der Waals surface area contributed by atoms with Gasteiger partial charge in [-0.25, -0.2) is 4.98 Å². The van der Waals surface area contributed by atoms with Crippen LogP contribution in [-0.4, -0.2) is 22.6 Å². The minimum Gasteiger partial charge on any atom is -0.330 e. The first-order chi connectivity index (χ1) is 9.22. The van der Waals surface area contributed by atoms with Crippen molar-refractivity contribution in [1.29, 1.82) is 0 Å². The maximum Gasteiger partial charge on any atom is 0.0954 e. The summed E-state index contributed by atoms with van der Waals surface area (Å²) in [4.78, 5) is 4.37. The first-order valence-electron chi connectivity index (χ1n) is 6.98. The molecular formula is C16H23N3. The highest BCUT2D eigenvalue weighted by atomic mass is 15.0. The Hall–Kier alpha value is -1.61. The summed E-state index contributed by atoms with van der Waals surface area (Å²) in [5, 5.41) is 3.38. The van der Waals surface area contributed by atoms with Gasteiger partial charge in [0.05, 0.1) is 12.0 Å². The van der Waals surface area contributed by atoms with E-state index in [9.17, 15) is 0 Å². The Labute approximate surface area is 115 Å². The van der Waals surface area contributed by atoms with Gasteiger partial charge < -0.3 is 9.88 Å². The van der Waals surface area contributed by atoms with Crippen LogP contribution in [0.4, 0.5) is 0 Å². The fourth-order valence-electron chi connectivity index (χ4n) is 2.24. The molecule has 1 aromatic carbocycles. The van der Waals surface area contributed by atoms with E-state index in [0.29, 0.717) is 0 Å². The first-order valence-corrected chi connectivity index (χ1v) is 6.98. The lowest BCUT2D eigenvalue weighted by Crippen LogP contribution is -2.17. The van der Waals surface area contributed by atoms with Crippen molar-refractivity contribution in [1.82, 2.24) is 14.9 Å². The van der Waals surface area contributed by atoms with E-state index in [1.54, 1.807) is 0 Å². The Morgan fingerprint density at radius 1 is 1.16 bits per heavy atom. The van der Waals surface area contributed by atoms with Gasteiger partial charge in [-0.2, -0.15) is 0 Å². The van der Waals surface area contributed by atoms with E-state index in [4.69, 9.17) is 0 Å². The summed E-state index contributed by atoms with van der Waals surface area (Å²) in [5.41, 5.74) is 5.18. The first kappa shape index (κ1) is 13.8. The van der Waals surface area contributed by atoms with E-state index in [0.717, 1.165) is 31.7 Å². The van der Waals surface area contributed by atoms with Gasteiger partial charge in [-0.15, -0.1) is 0 Å². The third kappa shape index (κ3) is 3.44. The fourth-order valence-corrected chi connectivity index (χ4v) is 2.24. The highest BCUT2D eigenvalue weighted by Gasteiger charge is 2.06. The van der Waals surface area contributed by atoms with Crippen LogP contribution in [0.5, 0.6) is 0 Å². The van der Waals surface area contributed by atoms with Crippen LogP contribution in [0.25, 0.3) is 0 Å². The maximum atomic E-state index is 4.37. The molecule has 2 rings (SSSR count). The Morgan fingerprint density at radius 2 is 1.89 bits per heavy atom. The smallest absolute Gasteiger partial charge is 0.0954 e. The van der Waals surface area contributed by atoms with Gasteiger partial charge in [0.25, 0.3) is 0 Å². The third-order valence-electron chi connectivity index (χ3n) is 3.63. The number of nitrogens with zero attached hydrogens (tertiary/aromatic N) is 2. The van der Waals surface area contributed by atoms with Gasteiger partial charge in [-0.1, -0.05) is 31.2 Å². The molecule has 2 aromatic rings. The number of imidazole rings is 1.